The van der Waals surface area contributed by atoms with E-state index in [0.717, 1.165) is 17.4 Å². The minimum absolute atomic E-state index is 0.0565. The van der Waals surface area contributed by atoms with Gasteiger partial charge in [-0.05, 0) is 23.9 Å². The normalized spacial score (nSPS) is 9.07. The average Bonchev–Trinajstić information content (AvgIpc) is 2.20. The number of benzene rings is 1. The Balaban J connectivity index is 2.32. The molecule has 0 aliphatic heterocycles. The maximum Gasteiger partial charge on any atom is 0.225 e. The zero-order valence-corrected chi connectivity index (χ0v) is 8.38. The molecule has 3 nitrogen and oxygen atoms in total. The van der Waals surface area contributed by atoms with Gasteiger partial charge in [-0.15, -0.1) is 0 Å². The number of amides is 1. The second kappa shape index (κ2) is 6.06. The van der Waals surface area contributed by atoms with Gasteiger partial charge in [-0.3, -0.25) is 4.79 Å². The monoisotopic (exact) mass is 206 g/mol. The molecule has 72 valence electrons. The Hall–Kier alpha value is -1.47. The Labute approximate surface area is 87.1 Å². The molecule has 0 aromatic heterocycles. The summed E-state index contributed by atoms with van der Waals surface area (Å²) in [5, 5.41) is 12.9. The quantitative estimate of drug-likeness (QED) is 0.607. The molecule has 1 aromatic carbocycles. The molecule has 1 aromatic rings. The lowest BCUT2D eigenvalue weighted by Crippen LogP contribution is -2.11. The van der Waals surface area contributed by atoms with Gasteiger partial charge < -0.3 is 5.32 Å². The van der Waals surface area contributed by atoms with E-state index in [-0.39, 0.29) is 5.91 Å². The lowest BCUT2D eigenvalue weighted by Gasteiger charge is -2.02. The van der Waals surface area contributed by atoms with Crippen molar-refractivity contribution in [2.45, 2.75) is 6.42 Å². The van der Waals surface area contributed by atoms with E-state index in [2.05, 4.69) is 5.32 Å². The third-order valence-corrected chi connectivity index (χ3v) is 2.09. The van der Waals surface area contributed by atoms with E-state index in [1.165, 1.54) is 0 Å². The van der Waals surface area contributed by atoms with Crippen molar-refractivity contribution in [1.29, 1.82) is 5.26 Å². The Morgan fingerprint density at radius 2 is 2.14 bits per heavy atom. The van der Waals surface area contributed by atoms with Crippen molar-refractivity contribution in [3.63, 3.8) is 0 Å². The van der Waals surface area contributed by atoms with Gasteiger partial charge in [0.1, 0.15) is 5.40 Å². The van der Waals surface area contributed by atoms with E-state index < -0.39 is 0 Å². The number of carbonyl (C=O) groups is 1. The molecule has 1 amide bonds. The Bertz CT molecular complexity index is 332. The first-order chi connectivity index (χ1) is 6.83. The molecule has 0 unspecified atom stereocenters. The summed E-state index contributed by atoms with van der Waals surface area (Å²) >= 11 is 1.09. The van der Waals surface area contributed by atoms with Gasteiger partial charge in [-0.1, -0.05) is 18.2 Å². The fourth-order valence-corrected chi connectivity index (χ4v) is 1.31. The summed E-state index contributed by atoms with van der Waals surface area (Å²) in [5.74, 6) is 0.480. The van der Waals surface area contributed by atoms with Crippen LogP contribution in [0.5, 0.6) is 0 Å². The smallest absolute Gasteiger partial charge is 0.225 e. The number of nitrogens with one attached hydrogen (secondary N) is 1. The molecule has 1 rings (SSSR count). The number of hydrogen-bond acceptors (Lipinski definition) is 3. The number of carbonyl (C=O) groups excluding carboxylic acids is 1. The third-order valence-electron chi connectivity index (χ3n) is 1.55. The van der Waals surface area contributed by atoms with Crippen LogP contribution in [-0.4, -0.2) is 11.7 Å². The standard InChI is InChI=1S/C10H10N2OS/c11-8-14-7-6-10(13)12-9-4-2-1-3-5-9/h1-5H,6-7H2,(H,12,13). The number of nitriles is 1. The number of rotatable bonds is 4. The third kappa shape index (κ3) is 3.97. The zero-order chi connectivity index (χ0) is 10.2. The number of hydrogen-bond donors (Lipinski definition) is 1. The highest BCUT2D eigenvalue weighted by Crippen LogP contribution is 2.06. The Kier molecular flexibility index (Phi) is 4.59. The van der Waals surface area contributed by atoms with Crippen LogP contribution in [0.3, 0.4) is 0 Å². The van der Waals surface area contributed by atoms with Gasteiger partial charge in [-0.25, -0.2) is 0 Å². The van der Waals surface area contributed by atoms with Crippen molar-refractivity contribution in [3.05, 3.63) is 30.3 Å². The highest BCUT2D eigenvalue weighted by Gasteiger charge is 2.00. The highest BCUT2D eigenvalue weighted by atomic mass is 32.2. The van der Waals surface area contributed by atoms with Crippen LogP contribution < -0.4 is 5.32 Å². The van der Waals surface area contributed by atoms with Crippen LogP contribution in [0.25, 0.3) is 0 Å². The Morgan fingerprint density at radius 3 is 2.79 bits per heavy atom. The van der Waals surface area contributed by atoms with E-state index in [1.54, 1.807) is 0 Å². The topological polar surface area (TPSA) is 52.9 Å². The van der Waals surface area contributed by atoms with Crippen molar-refractivity contribution >= 4 is 23.4 Å². The van der Waals surface area contributed by atoms with Crippen LogP contribution in [0.1, 0.15) is 6.42 Å². The number of para-hydroxylation sites is 1. The number of anilines is 1. The first-order valence-corrected chi connectivity index (χ1v) is 5.17. The molecule has 0 aliphatic carbocycles. The summed E-state index contributed by atoms with van der Waals surface area (Å²) in [4.78, 5) is 11.3. The molecule has 0 saturated carbocycles. The molecule has 0 radical (unpaired) electrons. The maximum atomic E-state index is 11.3. The van der Waals surface area contributed by atoms with Crippen molar-refractivity contribution in [3.8, 4) is 5.40 Å². The van der Waals surface area contributed by atoms with Crippen LogP contribution in [0, 0.1) is 10.7 Å². The van der Waals surface area contributed by atoms with E-state index in [9.17, 15) is 4.79 Å². The summed E-state index contributed by atoms with van der Waals surface area (Å²) in [5.41, 5.74) is 0.791. The minimum atomic E-state index is -0.0565. The molecule has 0 atom stereocenters. The molecule has 14 heavy (non-hydrogen) atoms. The predicted molar refractivity (Wildman–Crippen MR) is 57.8 cm³/mol. The largest absolute Gasteiger partial charge is 0.326 e. The van der Waals surface area contributed by atoms with Crippen molar-refractivity contribution in [2.24, 2.45) is 0 Å². The number of nitrogens with zero attached hydrogens (tertiary/aromatic N) is 1. The Morgan fingerprint density at radius 1 is 1.43 bits per heavy atom. The van der Waals surface area contributed by atoms with Gasteiger partial charge in [0.15, 0.2) is 0 Å². The van der Waals surface area contributed by atoms with Crippen LogP contribution >= 0.6 is 11.8 Å². The summed E-state index contributed by atoms with van der Waals surface area (Å²) in [6.45, 7) is 0. The van der Waals surface area contributed by atoms with Gasteiger partial charge in [0.05, 0.1) is 0 Å². The van der Waals surface area contributed by atoms with Crippen molar-refractivity contribution < 1.29 is 4.79 Å². The van der Waals surface area contributed by atoms with Crippen LogP contribution in [-0.2, 0) is 4.79 Å². The van der Waals surface area contributed by atoms with E-state index in [0.29, 0.717) is 12.2 Å². The molecule has 0 fully saturated rings. The highest BCUT2D eigenvalue weighted by molar-refractivity contribution is 8.03. The number of thioether (sulfide) groups is 1. The second-order valence-electron chi connectivity index (χ2n) is 2.60. The van der Waals surface area contributed by atoms with Crippen molar-refractivity contribution in [2.75, 3.05) is 11.1 Å². The first kappa shape index (κ1) is 10.6. The minimum Gasteiger partial charge on any atom is -0.326 e. The van der Waals surface area contributed by atoms with Crippen LogP contribution in [0.15, 0.2) is 30.3 Å². The molecule has 0 spiro atoms. The summed E-state index contributed by atoms with van der Waals surface area (Å²) in [6, 6.07) is 9.27. The molecule has 0 bridgehead atoms. The van der Waals surface area contributed by atoms with Crippen LogP contribution in [0.2, 0.25) is 0 Å². The number of thiocyanates is 1. The van der Waals surface area contributed by atoms with E-state index in [4.69, 9.17) is 5.26 Å². The van der Waals surface area contributed by atoms with Crippen LogP contribution in [0.4, 0.5) is 5.69 Å². The predicted octanol–water partition coefficient (Wildman–Crippen LogP) is 2.23. The molecule has 0 heterocycles. The average molecular weight is 206 g/mol. The van der Waals surface area contributed by atoms with Gasteiger partial charge in [0.25, 0.3) is 0 Å². The summed E-state index contributed by atoms with van der Waals surface area (Å²) in [7, 11) is 0. The van der Waals surface area contributed by atoms with Gasteiger partial charge in [0, 0.05) is 17.9 Å². The molecule has 1 N–H and O–H groups in total. The second-order valence-corrected chi connectivity index (χ2v) is 3.48. The molecule has 0 aliphatic rings. The lowest BCUT2D eigenvalue weighted by atomic mass is 10.3. The van der Waals surface area contributed by atoms with Gasteiger partial charge >= 0.3 is 0 Å². The molecular formula is C10H10N2OS. The molecule has 0 saturated heterocycles. The molecular weight excluding hydrogens is 196 g/mol. The van der Waals surface area contributed by atoms with Crippen molar-refractivity contribution in [1.82, 2.24) is 0 Å². The summed E-state index contributed by atoms with van der Waals surface area (Å²) in [6.07, 6.45) is 0.368. The first-order valence-electron chi connectivity index (χ1n) is 4.18. The SMILES string of the molecule is N#CSCCC(=O)Nc1ccccc1. The molecule has 4 heteroatoms. The van der Waals surface area contributed by atoms with E-state index in [1.807, 2.05) is 35.7 Å². The fourth-order valence-electron chi connectivity index (χ4n) is 0.934. The summed E-state index contributed by atoms with van der Waals surface area (Å²) < 4.78 is 0. The maximum absolute atomic E-state index is 11.3. The zero-order valence-electron chi connectivity index (χ0n) is 7.56. The lowest BCUT2D eigenvalue weighted by molar-refractivity contribution is -0.115. The van der Waals surface area contributed by atoms with Gasteiger partial charge in [-0.2, -0.15) is 5.26 Å². The van der Waals surface area contributed by atoms with Gasteiger partial charge in [0.2, 0.25) is 5.91 Å². The van der Waals surface area contributed by atoms with E-state index >= 15 is 0 Å². The fraction of sp³-hybridized carbons (Fsp3) is 0.200.